The summed E-state index contributed by atoms with van der Waals surface area (Å²) in [5, 5.41) is 12.8. The van der Waals surface area contributed by atoms with E-state index in [9.17, 15) is 14.0 Å². The Morgan fingerprint density at radius 3 is 2.52 bits per heavy atom. The lowest BCUT2D eigenvalue weighted by Gasteiger charge is -2.11. The standard InChI is InChI=1S/C20H12F2N2O/c21-17-8-7-13(12-18(17)22)20-16(5-3-10-23-20)14-9-11-24(25)19-6-2-1-4-15(14)19/h1-12H. The molecule has 2 aromatic carbocycles. The fourth-order valence-corrected chi connectivity index (χ4v) is 2.94. The van der Waals surface area contributed by atoms with Crippen molar-refractivity contribution in [3.8, 4) is 22.4 Å². The molecule has 4 rings (SSSR count). The first-order valence-electron chi connectivity index (χ1n) is 7.67. The molecule has 4 aromatic rings. The van der Waals surface area contributed by atoms with Gasteiger partial charge in [0.25, 0.3) is 0 Å². The van der Waals surface area contributed by atoms with Gasteiger partial charge in [-0.05, 0) is 30.3 Å². The molecule has 0 aliphatic rings. The Morgan fingerprint density at radius 1 is 0.840 bits per heavy atom. The van der Waals surface area contributed by atoms with Crippen molar-refractivity contribution in [2.24, 2.45) is 0 Å². The lowest BCUT2D eigenvalue weighted by Crippen LogP contribution is -2.26. The Labute approximate surface area is 142 Å². The molecular formula is C20H12F2N2O. The molecule has 2 heterocycles. The van der Waals surface area contributed by atoms with Crippen LogP contribution in [-0.4, -0.2) is 4.98 Å². The van der Waals surface area contributed by atoms with E-state index in [-0.39, 0.29) is 0 Å². The van der Waals surface area contributed by atoms with Gasteiger partial charge in [0.1, 0.15) is 0 Å². The molecule has 0 bridgehead atoms. The van der Waals surface area contributed by atoms with E-state index in [1.807, 2.05) is 18.2 Å². The summed E-state index contributed by atoms with van der Waals surface area (Å²) >= 11 is 0. The maximum absolute atomic E-state index is 13.7. The first kappa shape index (κ1) is 15.2. The van der Waals surface area contributed by atoms with E-state index in [0.29, 0.717) is 16.8 Å². The van der Waals surface area contributed by atoms with Crippen molar-refractivity contribution in [3.05, 3.63) is 89.9 Å². The van der Waals surface area contributed by atoms with Gasteiger partial charge in [0.05, 0.1) is 11.1 Å². The van der Waals surface area contributed by atoms with E-state index in [0.717, 1.165) is 33.4 Å². The van der Waals surface area contributed by atoms with Crippen molar-refractivity contribution in [1.82, 2.24) is 4.98 Å². The van der Waals surface area contributed by atoms with Gasteiger partial charge in [0, 0.05) is 35.0 Å². The van der Waals surface area contributed by atoms with Gasteiger partial charge in [-0.3, -0.25) is 4.98 Å². The highest BCUT2D eigenvalue weighted by Crippen LogP contribution is 2.34. The number of pyridine rings is 2. The second-order valence-electron chi connectivity index (χ2n) is 5.60. The molecule has 0 saturated heterocycles. The zero-order chi connectivity index (χ0) is 17.4. The lowest BCUT2D eigenvalue weighted by atomic mass is 9.96. The Bertz CT molecular complexity index is 1100. The molecule has 3 nitrogen and oxygen atoms in total. The first-order chi connectivity index (χ1) is 12.1. The number of nitrogens with zero attached hydrogens (tertiary/aromatic N) is 2. The van der Waals surface area contributed by atoms with E-state index in [4.69, 9.17) is 0 Å². The van der Waals surface area contributed by atoms with Gasteiger partial charge < -0.3 is 5.21 Å². The predicted molar refractivity (Wildman–Crippen MR) is 91.5 cm³/mol. The molecule has 0 amide bonds. The van der Waals surface area contributed by atoms with Crippen LogP contribution in [0.4, 0.5) is 8.78 Å². The van der Waals surface area contributed by atoms with Crippen molar-refractivity contribution in [1.29, 1.82) is 0 Å². The average Bonchev–Trinajstić information content (AvgIpc) is 2.65. The lowest BCUT2D eigenvalue weighted by molar-refractivity contribution is -0.576. The van der Waals surface area contributed by atoms with E-state index in [1.165, 1.54) is 12.3 Å². The average molecular weight is 334 g/mol. The maximum Gasteiger partial charge on any atom is 0.224 e. The van der Waals surface area contributed by atoms with E-state index in [2.05, 4.69) is 4.98 Å². The zero-order valence-electron chi connectivity index (χ0n) is 13.0. The first-order valence-corrected chi connectivity index (χ1v) is 7.67. The van der Waals surface area contributed by atoms with Gasteiger partial charge in [-0.25, -0.2) is 8.78 Å². The molecule has 0 aliphatic heterocycles. The third-order valence-electron chi connectivity index (χ3n) is 4.10. The Hall–Kier alpha value is -3.34. The SMILES string of the molecule is [O-][n+]1ccc(-c2cccnc2-c2ccc(F)c(F)c2)c2ccccc21. The Kier molecular flexibility index (Phi) is 3.61. The van der Waals surface area contributed by atoms with Crippen LogP contribution in [0, 0.1) is 16.8 Å². The molecule has 0 N–H and O–H groups in total. The van der Waals surface area contributed by atoms with Crippen LogP contribution >= 0.6 is 0 Å². The van der Waals surface area contributed by atoms with Crippen molar-refractivity contribution in [3.63, 3.8) is 0 Å². The van der Waals surface area contributed by atoms with Crippen LogP contribution in [0.2, 0.25) is 0 Å². The van der Waals surface area contributed by atoms with Crippen molar-refractivity contribution in [2.45, 2.75) is 0 Å². The van der Waals surface area contributed by atoms with Crippen LogP contribution in [0.1, 0.15) is 0 Å². The van der Waals surface area contributed by atoms with Crippen molar-refractivity contribution >= 4 is 10.9 Å². The summed E-state index contributed by atoms with van der Waals surface area (Å²) in [4.78, 5) is 4.35. The zero-order valence-corrected chi connectivity index (χ0v) is 13.0. The highest BCUT2D eigenvalue weighted by Gasteiger charge is 2.15. The molecule has 0 fully saturated rings. The molecular weight excluding hydrogens is 322 g/mol. The van der Waals surface area contributed by atoms with E-state index in [1.54, 1.807) is 30.5 Å². The minimum absolute atomic E-state index is 0.470. The van der Waals surface area contributed by atoms with Crippen LogP contribution in [-0.2, 0) is 0 Å². The third kappa shape index (κ3) is 2.59. The molecule has 0 atom stereocenters. The number of rotatable bonds is 2. The highest BCUT2D eigenvalue weighted by atomic mass is 19.2. The summed E-state index contributed by atoms with van der Waals surface area (Å²) in [7, 11) is 0. The summed E-state index contributed by atoms with van der Waals surface area (Å²) in [5.41, 5.74) is 3.06. The molecule has 0 radical (unpaired) electrons. The van der Waals surface area contributed by atoms with Gasteiger partial charge in [0.15, 0.2) is 17.8 Å². The van der Waals surface area contributed by atoms with Crippen LogP contribution in [0.3, 0.4) is 0 Å². The fraction of sp³-hybridized carbons (Fsp3) is 0. The summed E-state index contributed by atoms with van der Waals surface area (Å²) in [6.07, 6.45) is 3.03. The van der Waals surface area contributed by atoms with Crippen LogP contribution < -0.4 is 4.73 Å². The summed E-state index contributed by atoms with van der Waals surface area (Å²) in [6, 6.07) is 16.2. The topological polar surface area (TPSA) is 39.8 Å². The molecule has 122 valence electrons. The molecule has 25 heavy (non-hydrogen) atoms. The number of para-hydroxylation sites is 1. The van der Waals surface area contributed by atoms with Gasteiger partial charge in [-0.15, -0.1) is 0 Å². The number of halogens is 2. The number of aromatic nitrogens is 2. The normalized spacial score (nSPS) is 11.0. The fourth-order valence-electron chi connectivity index (χ4n) is 2.94. The maximum atomic E-state index is 13.7. The Balaban J connectivity index is 1.99. The molecule has 0 spiro atoms. The number of hydrogen-bond acceptors (Lipinski definition) is 2. The monoisotopic (exact) mass is 334 g/mol. The molecule has 5 heteroatoms. The second-order valence-corrected chi connectivity index (χ2v) is 5.60. The largest absolute Gasteiger partial charge is 0.618 e. The minimum Gasteiger partial charge on any atom is -0.618 e. The van der Waals surface area contributed by atoms with E-state index < -0.39 is 11.6 Å². The quantitative estimate of drug-likeness (QED) is 0.400. The summed E-state index contributed by atoms with van der Waals surface area (Å²) in [6.45, 7) is 0. The van der Waals surface area contributed by atoms with Crippen LogP contribution in [0.5, 0.6) is 0 Å². The summed E-state index contributed by atoms with van der Waals surface area (Å²) < 4.78 is 27.7. The molecule has 0 saturated carbocycles. The van der Waals surface area contributed by atoms with Gasteiger partial charge in [-0.1, -0.05) is 18.2 Å². The smallest absolute Gasteiger partial charge is 0.224 e. The second kappa shape index (κ2) is 5.94. The molecule has 2 aromatic heterocycles. The van der Waals surface area contributed by atoms with Crippen molar-refractivity contribution < 1.29 is 13.5 Å². The minimum atomic E-state index is -0.926. The van der Waals surface area contributed by atoms with Gasteiger partial charge in [-0.2, -0.15) is 4.73 Å². The predicted octanol–water partition coefficient (Wildman–Crippen LogP) is 4.48. The molecule has 0 aliphatic carbocycles. The third-order valence-corrected chi connectivity index (χ3v) is 4.10. The van der Waals surface area contributed by atoms with Crippen LogP contribution in [0.15, 0.2) is 73.1 Å². The molecule has 0 unspecified atom stereocenters. The van der Waals surface area contributed by atoms with E-state index >= 15 is 0 Å². The number of hydrogen-bond donors (Lipinski definition) is 0. The van der Waals surface area contributed by atoms with Gasteiger partial charge >= 0.3 is 0 Å². The Morgan fingerprint density at radius 2 is 1.68 bits per heavy atom. The van der Waals surface area contributed by atoms with Crippen LogP contribution in [0.25, 0.3) is 33.3 Å². The highest BCUT2D eigenvalue weighted by molar-refractivity contribution is 5.96. The number of benzene rings is 2. The number of fused-ring (bicyclic) bond motifs is 1. The van der Waals surface area contributed by atoms with Crippen molar-refractivity contribution in [2.75, 3.05) is 0 Å². The van der Waals surface area contributed by atoms with Gasteiger partial charge in [0.2, 0.25) is 5.52 Å². The summed E-state index contributed by atoms with van der Waals surface area (Å²) in [5.74, 6) is -1.83.